The van der Waals surface area contributed by atoms with Crippen LogP contribution in [0.4, 0.5) is 0 Å². The molecule has 0 spiro atoms. The Morgan fingerprint density at radius 2 is 2.05 bits per heavy atom. The summed E-state index contributed by atoms with van der Waals surface area (Å²) in [7, 11) is 0. The summed E-state index contributed by atoms with van der Waals surface area (Å²) in [6, 6.07) is 0. The number of ether oxygens (including phenoxy) is 2. The van der Waals surface area contributed by atoms with Gasteiger partial charge < -0.3 is 14.8 Å². The van der Waals surface area contributed by atoms with Crippen LogP contribution in [0.1, 0.15) is 51.4 Å². The van der Waals surface area contributed by atoms with Gasteiger partial charge in [-0.25, -0.2) is 0 Å². The highest BCUT2D eigenvalue weighted by molar-refractivity contribution is 5.76. The third kappa shape index (κ3) is 5.91. The third-order valence-electron chi connectivity index (χ3n) is 4.06. The molecular formula is C15H27NO3. The normalized spacial score (nSPS) is 23.9. The Kier molecular flexibility index (Phi) is 6.65. The third-order valence-corrected chi connectivity index (χ3v) is 4.06. The van der Waals surface area contributed by atoms with Gasteiger partial charge in [0.15, 0.2) is 0 Å². The van der Waals surface area contributed by atoms with Crippen molar-refractivity contribution in [3.63, 3.8) is 0 Å². The summed E-state index contributed by atoms with van der Waals surface area (Å²) in [6.07, 6.45) is 9.26. The lowest BCUT2D eigenvalue weighted by atomic mass is 10.0. The number of hydrogen-bond acceptors (Lipinski definition) is 3. The SMILES string of the molecule is O=C(CC1CCCC1)NCCCOC[C@H]1CCCO1. The monoisotopic (exact) mass is 269 g/mol. The minimum Gasteiger partial charge on any atom is -0.379 e. The Hall–Kier alpha value is -0.610. The van der Waals surface area contributed by atoms with E-state index in [4.69, 9.17) is 9.47 Å². The first-order valence-electron chi connectivity index (χ1n) is 7.80. The fraction of sp³-hybridized carbons (Fsp3) is 0.933. The first kappa shape index (κ1) is 14.8. The van der Waals surface area contributed by atoms with Crippen LogP contribution in [0.2, 0.25) is 0 Å². The van der Waals surface area contributed by atoms with Gasteiger partial charge in [-0.3, -0.25) is 4.79 Å². The zero-order chi connectivity index (χ0) is 13.3. The number of carbonyl (C=O) groups is 1. The molecule has 19 heavy (non-hydrogen) atoms. The molecular weight excluding hydrogens is 242 g/mol. The molecule has 2 aliphatic rings. The highest BCUT2D eigenvalue weighted by Gasteiger charge is 2.18. The summed E-state index contributed by atoms with van der Waals surface area (Å²) in [6.45, 7) is 3.03. The van der Waals surface area contributed by atoms with Crippen molar-refractivity contribution in [1.29, 1.82) is 0 Å². The summed E-state index contributed by atoms with van der Waals surface area (Å²) in [5, 5.41) is 2.99. The highest BCUT2D eigenvalue weighted by Crippen LogP contribution is 2.27. The van der Waals surface area contributed by atoms with E-state index in [1.54, 1.807) is 0 Å². The van der Waals surface area contributed by atoms with Crippen molar-refractivity contribution in [2.24, 2.45) is 5.92 Å². The van der Waals surface area contributed by atoms with Crippen LogP contribution in [0.5, 0.6) is 0 Å². The molecule has 0 aromatic heterocycles. The zero-order valence-electron chi connectivity index (χ0n) is 11.9. The maximum absolute atomic E-state index is 11.7. The topological polar surface area (TPSA) is 47.6 Å². The fourth-order valence-electron chi connectivity index (χ4n) is 2.94. The van der Waals surface area contributed by atoms with Crippen LogP contribution in [-0.2, 0) is 14.3 Å². The maximum Gasteiger partial charge on any atom is 0.220 e. The molecule has 0 bridgehead atoms. The average Bonchev–Trinajstić information content (AvgIpc) is 3.06. The minimum absolute atomic E-state index is 0.214. The summed E-state index contributed by atoms with van der Waals surface area (Å²) in [5.74, 6) is 0.849. The van der Waals surface area contributed by atoms with Crippen molar-refractivity contribution in [2.45, 2.75) is 57.5 Å². The van der Waals surface area contributed by atoms with Crippen molar-refractivity contribution >= 4 is 5.91 Å². The van der Waals surface area contributed by atoms with Gasteiger partial charge in [-0.1, -0.05) is 12.8 Å². The van der Waals surface area contributed by atoms with Crippen molar-refractivity contribution in [3.8, 4) is 0 Å². The zero-order valence-corrected chi connectivity index (χ0v) is 11.9. The second-order valence-corrected chi connectivity index (χ2v) is 5.77. The van der Waals surface area contributed by atoms with Crippen LogP contribution in [0.25, 0.3) is 0 Å². The Morgan fingerprint density at radius 3 is 2.79 bits per heavy atom. The lowest BCUT2D eigenvalue weighted by Crippen LogP contribution is -2.27. The standard InChI is InChI=1S/C15H27NO3/c17-15(11-13-5-1-2-6-13)16-8-4-9-18-12-14-7-3-10-19-14/h13-14H,1-12H2,(H,16,17)/t14-/m1/s1. The Labute approximate surface area is 116 Å². The molecule has 0 aromatic carbocycles. The van der Waals surface area contributed by atoms with E-state index in [-0.39, 0.29) is 5.91 Å². The van der Waals surface area contributed by atoms with Gasteiger partial charge in [-0.15, -0.1) is 0 Å². The Balaban J connectivity index is 1.39. The highest BCUT2D eigenvalue weighted by atomic mass is 16.5. The lowest BCUT2D eigenvalue weighted by molar-refractivity contribution is -0.122. The van der Waals surface area contributed by atoms with E-state index < -0.39 is 0 Å². The van der Waals surface area contributed by atoms with Crippen LogP contribution in [-0.4, -0.2) is 38.4 Å². The average molecular weight is 269 g/mol. The first-order valence-corrected chi connectivity index (χ1v) is 7.80. The molecule has 2 rings (SSSR count). The van der Waals surface area contributed by atoms with Gasteiger partial charge in [-0.05, 0) is 38.0 Å². The van der Waals surface area contributed by atoms with Crippen LogP contribution in [0.3, 0.4) is 0 Å². The lowest BCUT2D eigenvalue weighted by Gasteiger charge is -2.11. The molecule has 0 unspecified atom stereocenters. The molecule has 1 amide bonds. The van der Waals surface area contributed by atoms with E-state index in [0.29, 0.717) is 25.2 Å². The number of rotatable bonds is 8. The van der Waals surface area contributed by atoms with Crippen molar-refractivity contribution in [1.82, 2.24) is 5.32 Å². The van der Waals surface area contributed by atoms with E-state index in [2.05, 4.69) is 5.32 Å². The van der Waals surface area contributed by atoms with Crippen molar-refractivity contribution in [3.05, 3.63) is 0 Å². The molecule has 1 atom stereocenters. The van der Waals surface area contributed by atoms with Gasteiger partial charge in [0.2, 0.25) is 5.91 Å². The smallest absolute Gasteiger partial charge is 0.220 e. The molecule has 1 saturated carbocycles. The van der Waals surface area contributed by atoms with Gasteiger partial charge >= 0.3 is 0 Å². The second kappa shape index (κ2) is 8.54. The van der Waals surface area contributed by atoms with Gasteiger partial charge in [0.25, 0.3) is 0 Å². The van der Waals surface area contributed by atoms with Crippen LogP contribution in [0.15, 0.2) is 0 Å². The van der Waals surface area contributed by atoms with Crippen LogP contribution < -0.4 is 5.32 Å². The van der Waals surface area contributed by atoms with E-state index >= 15 is 0 Å². The minimum atomic E-state index is 0.214. The molecule has 1 aliphatic carbocycles. The summed E-state index contributed by atoms with van der Waals surface area (Å²) < 4.78 is 11.0. The van der Waals surface area contributed by atoms with Gasteiger partial charge in [0.1, 0.15) is 0 Å². The molecule has 1 aliphatic heterocycles. The molecule has 0 radical (unpaired) electrons. The Morgan fingerprint density at radius 1 is 1.21 bits per heavy atom. The molecule has 2 fully saturated rings. The quantitative estimate of drug-likeness (QED) is 0.688. The van der Waals surface area contributed by atoms with Gasteiger partial charge in [-0.2, -0.15) is 0 Å². The Bertz CT molecular complexity index is 258. The summed E-state index contributed by atoms with van der Waals surface area (Å²) in [4.78, 5) is 11.7. The molecule has 0 aromatic rings. The molecule has 1 N–H and O–H groups in total. The van der Waals surface area contributed by atoms with E-state index in [0.717, 1.165) is 38.8 Å². The van der Waals surface area contributed by atoms with Gasteiger partial charge in [0, 0.05) is 26.2 Å². The van der Waals surface area contributed by atoms with E-state index in [1.807, 2.05) is 0 Å². The number of amides is 1. The molecule has 4 heteroatoms. The summed E-state index contributed by atoms with van der Waals surface area (Å²) >= 11 is 0. The maximum atomic E-state index is 11.7. The number of carbonyl (C=O) groups excluding carboxylic acids is 1. The second-order valence-electron chi connectivity index (χ2n) is 5.77. The first-order chi connectivity index (χ1) is 9.34. The van der Waals surface area contributed by atoms with Gasteiger partial charge in [0.05, 0.1) is 12.7 Å². The molecule has 1 saturated heterocycles. The van der Waals surface area contributed by atoms with E-state index in [1.165, 1.54) is 25.7 Å². The predicted molar refractivity (Wildman–Crippen MR) is 74.0 cm³/mol. The van der Waals surface area contributed by atoms with Crippen molar-refractivity contribution in [2.75, 3.05) is 26.4 Å². The molecule has 4 nitrogen and oxygen atoms in total. The molecule has 110 valence electrons. The number of hydrogen-bond donors (Lipinski definition) is 1. The van der Waals surface area contributed by atoms with E-state index in [9.17, 15) is 4.79 Å². The van der Waals surface area contributed by atoms with Crippen molar-refractivity contribution < 1.29 is 14.3 Å². The number of nitrogens with one attached hydrogen (secondary N) is 1. The van der Waals surface area contributed by atoms with Crippen LogP contribution >= 0.6 is 0 Å². The summed E-state index contributed by atoms with van der Waals surface area (Å²) in [5.41, 5.74) is 0. The molecule has 1 heterocycles. The van der Waals surface area contributed by atoms with Crippen LogP contribution in [0, 0.1) is 5.92 Å². The predicted octanol–water partition coefficient (Wildman–Crippen LogP) is 2.27. The fourth-order valence-corrected chi connectivity index (χ4v) is 2.94. The largest absolute Gasteiger partial charge is 0.379 e.